The third kappa shape index (κ3) is 5.51. The predicted octanol–water partition coefficient (Wildman–Crippen LogP) is 3.17. The monoisotopic (exact) mass is 484 g/mol. The first-order valence-electron chi connectivity index (χ1n) is 9.56. The Morgan fingerprint density at radius 3 is 2.73 bits per heavy atom. The second-order valence-corrected chi connectivity index (χ2v) is 8.99. The Morgan fingerprint density at radius 1 is 1.09 bits per heavy atom. The fraction of sp³-hybridized carbons (Fsp3) is 0.0952. The van der Waals surface area contributed by atoms with Crippen LogP contribution in [0.1, 0.15) is 15.9 Å². The highest BCUT2D eigenvalue weighted by Gasteiger charge is 2.16. The van der Waals surface area contributed by atoms with Crippen molar-refractivity contribution in [1.82, 2.24) is 25.5 Å². The van der Waals surface area contributed by atoms with Gasteiger partial charge in [0.25, 0.3) is 11.9 Å². The molecule has 0 aliphatic carbocycles. The molecule has 0 aliphatic heterocycles. The van der Waals surface area contributed by atoms with Crippen molar-refractivity contribution < 1.29 is 17.9 Å². The van der Waals surface area contributed by atoms with Crippen LogP contribution in [0.4, 0.5) is 5.95 Å². The van der Waals surface area contributed by atoms with Gasteiger partial charge in [0.05, 0.1) is 11.3 Å². The fourth-order valence-corrected chi connectivity index (χ4v) is 4.21. The number of carbonyl (C=O) groups is 1. The van der Waals surface area contributed by atoms with Crippen LogP contribution in [-0.4, -0.2) is 41.5 Å². The molecule has 4 aromatic rings. The summed E-state index contributed by atoms with van der Waals surface area (Å²) in [6, 6.07) is 12.9. The number of halogens is 1. The zero-order valence-electron chi connectivity index (χ0n) is 17.2. The van der Waals surface area contributed by atoms with Crippen molar-refractivity contribution in [2.45, 2.75) is 5.75 Å². The minimum atomic E-state index is -3.78. The summed E-state index contributed by atoms with van der Waals surface area (Å²) in [7, 11) is -2.27. The molecule has 0 atom stereocenters. The van der Waals surface area contributed by atoms with E-state index >= 15 is 0 Å². The fourth-order valence-electron chi connectivity index (χ4n) is 2.95. The number of fused-ring (bicyclic) bond motifs is 1. The lowest BCUT2D eigenvalue weighted by Gasteiger charge is -2.10. The highest BCUT2D eigenvalue weighted by Crippen LogP contribution is 2.27. The molecule has 0 saturated carbocycles. The van der Waals surface area contributed by atoms with E-state index in [0.29, 0.717) is 33.1 Å². The Balaban J connectivity index is 1.53. The van der Waals surface area contributed by atoms with Crippen LogP contribution in [0.25, 0.3) is 11.0 Å². The van der Waals surface area contributed by atoms with Gasteiger partial charge in [0.1, 0.15) is 22.6 Å². The first-order valence-corrected chi connectivity index (χ1v) is 11.6. The first-order chi connectivity index (χ1) is 15.8. The Kier molecular flexibility index (Phi) is 6.33. The molecule has 4 rings (SSSR count). The molecule has 0 bridgehead atoms. The number of carbonyl (C=O) groups excluding carboxylic acids is 1. The van der Waals surface area contributed by atoms with Crippen molar-refractivity contribution in [3.63, 3.8) is 0 Å². The van der Waals surface area contributed by atoms with Crippen molar-refractivity contribution in [2.24, 2.45) is 0 Å². The molecular weight excluding hydrogens is 468 g/mol. The van der Waals surface area contributed by atoms with E-state index in [1.54, 1.807) is 48.5 Å². The van der Waals surface area contributed by atoms with Crippen LogP contribution < -0.4 is 14.8 Å². The topological polar surface area (TPSA) is 136 Å². The van der Waals surface area contributed by atoms with E-state index in [1.165, 1.54) is 19.4 Å². The summed E-state index contributed by atoms with van der Waals surface area (Å²) >= 11 is 5.91. The maximum atomic E-state index is 12.5. The third-order valence-corrected chi connectivity index (χ3v) is 5.84. The van der Waals surface area contributed by atoms with Gasteiger partial charge in [-0.1, -0.05) is 23.7 Å². The van der Waals surface area contributed by atoms with E-state index in [4.69, 9.17) is 16.3 Å². The third-order valence-electron chi connectivity index (χ3n) is 4.40. The Labute approximate surface area is 194 Å². The molecule has 0 spiro atoms. The zero-order valence-corrected chi connectivity index (χ0v) is 18.8. The number of pyridine rings is 1. The van der Waals surface area contributed by atoms with Crippen molar-refractivity contribution in [3.8, 4) is 11.5 Å². The SMILES string of the molecule is CNC(=O)c1cnccc1Oc1ccc2nc(NS(=O)(=O)Cc3cccc(Cl)c3)nnc2c1. The van der Waals surface area contributed by atoms with E-state index in [0.717, 1.165) is 0 Å². The number of benzene rings is 2. The molecule has 10 nitrogen and oxygen atoms in total. The zero-order chi connectivity index (χ0) is 23.4. The van der Waals surface area contributed by atoms with E-state index in [-0.39, 0.29) is 23.2 Å². The second kappa shape index (κ2) is 9.35. The average molecular weight is 485 g/mol. The number of rotatable bonds is 7. The molecule has 12 heteroatoms. The smallest absolute Gasteiger partial charge is 0.256 e. The molecule has 0 radical (unpaired) electrons. The predicted molar refractivity (Wildman–Crippen MR) is 123 cm³/mol. The molecule has 2 N–H and O–H groups in total. The Hall–Kier alpha value is -3.83. The molecule has 0 saturated heterocycles. The molecule has 2 aromatic carbocycles. The number of hydrogen-bond acceptors (Lipinski definition) is 8. The van der Waals surface area contributed by atoms with Crippen LogP contribution in [0, 0.1) is 0 Å². The number of aromatic nitrogens is 4. The van der Waals surface area contributed by atoms with Gasteiger partial charge in [0, 0.05) is 30.5 Å². The second-order valence-electron chi connectivity index (χ2n) is 6.83. The molecular formula is C21H17ClN6O4S. The number of anilines is 1. The average Bonchev–Trinajstić information content (AvgIpc) is 2.78. The molecule has 0 fully saturated rings. The number of hydrogen-bond donors (Lipinski definition) is 2. The summed E-state index contributed by atoms with van der Waals surface area (Å²) in [5.74, 6) is -0.0787. The number of amides is 1. The van der Waals surface area contributed by atoms with Crippen LogP contribution >= 0.6 is 11.6 Å². The van der Waals surface area contributed by atoms with Crippen LogP contribution in [0.15, 0.2) is 60.9 Å². The van der Waals surface area contributed by atoms with Gasteiger partial charge in [-0.05, 0) is 35.9 Å². The lowest BCUT2D eigenvalue weighted by Crippen LogP contribution is -2.18. The van der Waals surface area contributed by atoms with E-state index in [9.17, 15) is 13.2 Å². The normalized spacial score (nSPS) is 11.2. The van der Waals surface area contributed by atoms with Gasteiger partial charge in [0.15, 0.2) is 0 Å². The number of nitrogens with zero attached hydrogens (tertiary/aromatic N) is 4. The summed E-state index contributed by atoms with van der Waals surface area (Å²) in [5, 5.41) is 10.9. The van der Waals surface area contributed by atoms with Crippen LogP contribution in [0.2, 0.25) is 5.02 Å². The van der Waals surface area contributed by atoms with Crippen molar-refractivity contribution >= 4 is 44.5 Å². The number of nitrogens with one attached hydrogen (secondary N) is 2. The summed E-state index contributed by atoms with van der Waals surface area (Å²) in [6.45, 7) is 0. The molecule has 33 heavy (non-hydrogen) atoms. The summed E-state index contributed by atoms with van der Waals surface area (Å²) in [6.07, 6.45) is 2.91. The minimum absolute atomic E-state index is 0.158. The van der Waals surface area contributed by atoms with Crippen molar-refractivity contribution in [3.05, 3.63) is 77.1 Å². The maximum absolute atomic E-state index is 12.5. The van der Waals surface area contributed by atoms with Crippen LogP contribution in [-0.2, 0) is 15.8 Å². The summed E-state index contributed by atoms with van der Waals surface area (Å²) in [5.41, 5.74) is 1.58. The maximum Gasteiger partial charge on any atom is 0.256 e. The standard InChI is InChI=1S/C21H17ClN6O4S/c1-23-20(29)16-11-24-8-7-19(16)32-15-5-6-17-18(10-15)26-27-21(25-17)28-33(30,31)12-13-3-2-4-14(22)9-13/h2-11H,12H2,1H3,(H,23,29)(H,25,27,28). The molecule has 1 amide bonds. The molecule has 2 aromatic heterocycles. The minimum Gasteiger partial charge on any atom is -0.456 e. The highest BCUT2D eigenvalue weighted by atomic mass is 35.5. The number of ether oxygens (including phenoxy) is 1. The molecule has 0 unspecified atom stereocenters. The quantitative estimate of drug-likeness (QED) is 0.408. The van der Waals surface area contributed by atoms with Gasteiger partial charge < -0.3 is 10.1 Å². The molecule has 168 valence electrons. The van der Waals surface area contributed by atoms with Gasteiger partial charge in [0.2, 0.25) is 10.0 Å². The van der Waals surface area contributed by atoms with Crippen LogP contribution in [0.3, 0.4) is 0 Å². The van der Waals surface area contributed by atoms with Crippen LogP contribution in [0.5, 0.6) is 11.5 Å². The molecule has 0 aliphatic rings. The van der Waals surface area contributed by atoms with Gasteiger partial charge in [-0.15, -0.1) is 10.2 Å². The lowest BCUT2D eigenvalue weighted by molar-refractivity contribution is 0.0960. The first kappa shape index (κ1) is 22.4. The van der Waals surface area contributed by atoms with Gasteiger partial charge >= 0.3 is 0 Å². The van der Waals surface area contributed by atoms with E-state index < -0.39 is 10.0 Å². The van der Waals surface area contributed by atoms with E-state index in [1.807, 2.05) is 0 Å². The van der Waals surface area contributed by atoms with Gasteiger partial charge in [-0.25, -0.2) is 18.1 Å². The lowest BCUT2D eigenvalue weighted by atomic mass is 10.2. The highest BCUT2D eigenvalue weighted by molar-refractivity contribution is 7.91. The largest absolute Gasteiger partial charge is 0.456 e. The number of sulfonamides is 1. The van der Waals surface area contributed by atoms with Gasteiger partial charge in [-0.2, -0.15) is 0 Å². The van der Waals surface area contributed by atoms with Gasteiger partial charge in [-0.3, -0.25) is 9.78 Å². The molecule has 2 heterocycles. The summed E-state index contributed by atoms with van der Waals surface area (Å²) in [4.78, 5) is 20.1. The van der Waals surface area contributed by atoms with Crippen molar-refractivity contribution in [2.75, 3.05) is 11.8 Å². The Morgan fingerprint density at radius 2 is 1.94 bits per heavy atom. The Bertz CT molecular complexity index is 1450. The van der Waals surface area contributed by atoms with E-state index in [2.05, 4.69) is 30.2 Å². The van der Waals surface area contributed by atoms with Crippen molar-refractivity contribution in [1.29, 1.82) is 0 Å². The summed E-state index contributed by atoms with van der Waals surface area (Å²) < 4.78 is 33.1.